The third kappa shape index (κ3) is 3.65. The Balaban J connectivity index is 1.78. The van der Waals surface area contributed by atoms with Gasteiger partial charge < -0.3 is 23.6 Å². The Morgan fingerprint density at radius 2 is 2.15 bits per heavy atom. The zero-order valence-electron chi connectivity index (χ0n) is 15.2. The number of aromatic nitrogens is 2. The number of hydrogen-bond donors (Lipinski definition) is 0. The van der Waals surface area contributed by atoms with Crippen molar-refractivity contribution in [3.8, 4) is 11.5 Å². The number of ether oxygens (including phenoxy) is 3. The molecule has 26 heavy (non-hydrogen) atoms. The highest BCUT2D eigenvalue weighted by atomic mass is 16.5. The fourth-order valence-electron chi connectivity index (χ4n) is 3.21. The molecule has 2 heterocycles. The van der Waals surface area contributed by atoms with Crippen LogP contribution in [0.4, 0.5) is 0 Å². The largest absolute Gasteiger partial charge is 0.493 e. The number of benzene rings is 1. The monoisotopic (exact) mass is 361 g/mol. The van der Waals surface area contributed by atoms with Crippen LogP contribution in [0.5, 0.6) is 11.5 Å². The van der Waals surface area contributed by atoms with E-state index in [4.69, 9.17) is 18.7 Å². The Morgan fingerprint density at radius 3 is 2.88 bits per heavy atom. The lowest BCUT2D eigenvalue weighted by atomic mass is 9.96. The Hall–Kier alpha value is -2.61. The smallest absolute Gasteiger partial charge is 0.257 e. The van der Waals surface area contributed by atoms with E-state index in [0.29, 0.717) is 41.9 Å². The van der Waals surface area contributed by atoms with Crippen molar-refractivity contribution in [2.45, 2.75) is 25.4 Å². The first-order chi connectivity index (χ1) is 12.7. The van der Waals surface area contributed by atoms with Crippen LogP contribution >= 0.6 is 0 Å². The molecule has 1 aliphatic rings. The average molecular weight is 361 g/mol. The SMILES string of the molecule is COCc1nc(C2CCCN(C(=O)c3cccc(OC)c3OC)C2)no1. The number of amides is 1. The summed E-state index contributed by atoms with van der Waals surface area (Å²) in [6.45, 7) is 1.49. The van der Waals surface area contributed by atoms with Crippen LogP contribution in [-0.2, 0) is 11.3 Å². The summed E-state index contributed by atoms with van der Waals surface area (Å²) >= 11 is 0. The van der Waals surface area contributed by atoms with Gasteiger partial charge >= 0.3 is 0 Å². The van der Waals surface area contributed by atoms with Crippen LogP contribution in [0.15, 0.2) is 22.7 Å². The number of carbonyl (C=O) groups excluding carboxylic acids is 1. The normalized spacial score (nSPS) is 17.2. The summed E-state index contributed by atoms with van der Waals surface area (Å²) in [6, 6.07) is 5.30. The number of methoxy groups -OCH3 is 3. The van der Waals surface area contributed by atoms with Gasteiger partial charge in [-0.05, 0) is 25.0 Å². The molecule has 0 spiro atoms. The molecule has 1 aromatic heterocycles. The van der Waals surface area contributed by atoms with Gasteiger partial charge in [-0.3, -0.25) is 4.79 Å². The highest BCUT2D eigenvalue weighted by molar-refractivity contribution is 5.98. The summed E-state index contributed by atoms with van der Waals surface area (Å²) in [6.07, 6.45) is 1.78. The molecule has 1 amide bonds. The lowest BCUT2D eigenvalue weighted by Gasteiger charge is -2.31. The maximum atomic E-state index is 13.0. The summed E-state index contributed by atoms with van der Waals surface area (Å²) in [5, 5.41) is 4.04. The molecule has 1 saturated heterocycles. The average Bonchev–Trinajstić information content (AvgIpc) is 3.15. The van der Waals surface area contributed by atoms with E-state index in [1.165, 1.54) is 7.11 Å². The van der Waals surface area contributed by atoms with E-state index in [9.17, 15) is 4.79 Å². The van der Waals surface area contributed by atoms with Gasteiger partial charge in [-0.25, -0.2) is 0 Å². The molecule has 1 unspecified atom stereocenters. The molecule has 1 aromatic carbocycles. The van der Waals surface area contributed by atoms with E-state index < -0.39 is 0 Å². The fraction of sp³-hybridized carbons (Fsp3) is 0.500. The maximum absolute atomic E-state index is 13.0. The van der Waals surface area contributed by atoms with Gasteiger partial charge in [0.15, 0.2) is 17.3 Å². The summed E-state index contributed by atoms with van der Waals surface area (Å²) in [7, 11) is 4.66. The van der Waals surface area contributed by atoms with Crippen LogP contribution in [0.25, 0.3) is 0 Å². The lowest BCUT2D eigenvalue weighted by Crippen LogP contribution is -2.39. The molecular formula is C18H23N3O5. The van der Waals surface area contributed by atoms with Gasteiger partial charge in [0.05, 0.1) is 19.8 Å². The minimum absolute atomic E-state index is 0.0404. The predicted molar refractivity (Wildman–Crippen MR) is 92.4 cm³/mol. The number of para-hydroxylation sites is 1. The number of piperidine rings is 1. The first-order valence-corrected chi connectivity index (χ1v) is 8.49. The van der Waals surface area contributed by atoms with E-state index in [-0.39, 0.29) is 18.4 Å². The van der Waals surface area contributed by atoms with E-state index in [2.05, 4.69) is 10.1 Å². The van der Waals surface area contributed by atoms with Crippen LogP contribution in [0.2, 0.25) is 0 Å². The summed E-state index contributed by atoms with van der Waals surface area (Å²) in [5.41, 5.74) is 0.487. The van der Waals surface area contributed by atoms with E-state index in [1.54, 1.807) is 37.3 Å². The second-order valence-corrected chi connectivity index (χ2v) is 6.11. The molecule has 140 valence electrons. The summed E-state index contributed by atoms with van der Waals surface area (Å²) in [4.78, 5) is 19.2. The number of nitrogens with zero attached hydrogens (tertiary/aromatic N) is 3. The zero-order valence-corrected chi connectivity index (χ0v) is 15.2. The maximum Gasteiger partial charge on any atom is 0.257 e. The van der Waals surface area contributed by atoms with Gasteiger partial charge in [0.2, 0.25) is 0 Å². The van der Waals surface area contributed by atoms with Crippen molar-refractivity contribution in [2.24, 2.45) is 0 Å². The number of carbonyl (C=O) groups is 1. The van der Waals surface area contributed by atoms with Crippen LogP contribution in [0, 0.1) is 0 Å². The standard InChI is InChI=1S/C18H23N3O5/c1-23-11-15-19-17(20-26-15)12-6-5-9-21(10-12)18(22)13-7-4-8-14(24-2)16(13)25-3/h4,7-8,12H,5-6,9-11H2,1-3H3. The first kappa shape index (κ1) is 18.2. The van der Waals surface area contributed by atoms with Crippen molar-refractivity contribution in [3.63, 3.8) is 0 Å². The molecule has 0 bridgehead atoms. The summed E-state index contributed by atoms with van der Waals surface area (Å²) in [5.74, 6) is 2.00. The second-order valence-electron chi connectivity index (χ2n) is 6.11. The van der Waals surface area contributed by atoms with E-state index in [0.717, 1.165) is 12.8 Å². The Bertz CT molecular complexity index is 761. The van der Waals surface area contributed by atoms with Gasteiger partial charge in [0.25, 0.3) is 11.8 Å². The van der Waals surface area contributed by atoms with Crippen molar-refractivity contribution in [1.82, 2.24) is 15.0 Å². The van der Waals surface area contributed by atoms with Gasteiger partial charge in [-0.15, -0.1) is 0 Å². The predicted octanol–water partition coefficient (Wildman–Crippen LogP) is 2.25. The molecule has 2 aromatic rings. The molecular weight excluding hydrogens is 338 g/mol. The second kappa shape index (κ2) is 8.18. The third-order valence-corrected chi connectivity index (χ3v) is 4.46. The van der Waals surface area contributed by atoms with Crippen LogP contribution in [0.1, 0.15) is 40.8 Å². The summed E-state index contributed by atoms with van der Waals surface area (Å²) < 4.78 is 20.9. The quantitative estimate of drug-likeness (QED) is 0.780. The van der Waals surface area contributed by atoms with E-state index in [1.807, 2.05) is 0 Å². The first-order valence-electron chi connectivity index (χ1n) is 8.49. The zero-order chi connectivity index (χ0) is 18.5. The molecule has 0 N–H and O–H groups in total. The Kier molecular flexibility index (Phi) is 5.72. The minimum Gasteiger partial charge on any atom is -0.493 e. The number of hydrogen-bond acceptors (Lipinski definition) is 7. The minimum atomic E-state index is -0.0916. The molecule has 0 aliphatic carbocycles. The molecule has 1 fully saturated rings. The number of likely N-dealkylation sites (tertiary alicyclic amines) is 1. The van der Waals surface area contributed by atoms with Crippen molar-refractivity contribution in [1.29, 1.82) is 0 Å². The lowest BCUT2D eigenvalue weighted by molar-refractivity contribution is 0.0699. The molecule has 8 nitrogen and oxygen atoms in total. The van der Waals surface area contributed by atoms with Crippen molar-refractivity contribution in [2.75, 3.05) is 34.4 Å². The van der Waals surface area contributed by atoms with E-state index >= 15 is 0 Å². The Morgan fingerprint density at radius 1 is 1.31 bits per heavy atom. The third-order valence-electron chi connectivity index (χ3n) is 4.46. The van der Waals surface area contributed by atoms with Gasteiger partial charge in [-0.1, -0.05) is 11.2 Å². The highest BCUT2D eigenvalue weighted by Gasteiger charge is 2.30. The van der Waals surface area contributed by atoms with Crippen molar-refractivity contribution < 1.29 is 23.5 Å². The molecule has 1 atom stereocenters. The number of rotatable bonds is 6. The molecule has 1 aliphatic heterocycles. The van der Waals surface area contributed by atoms with Gasteiger partial charge in [0.1, 0.15) is 6.61 Å². The van der Waals surface area contributed by atoms with Crippen molar-refractivity contribution in [3.05, 3.63) is 35.5 Å². The molecule has 3 rings (SSSR count). The molecule has 8 heteroatoms. The highest BCUT2D eigenvalue weighted by Crippen LogP contribution is 2.33. The fourth-order valence-corrected chi connectivity index (χ4v) is 3.21. The van der Waals surface area contributed by atoms with Gasteiger partial charge in [-0.2, -0.15) is 4.98 Å². The van der Waals surface area contributed by atoms with Gasteiger partial charge in [0, 0.05) is 26.1 Å². The van der Waals surface area contributed by atoms with Crippen LogP contribution in [0.3, 0.4) is 0 Å². The van der Waals surface area contributed by atoms with Crippen molar-refractivity contribution >= 4 is 5.91 Å². The molecule has 0 saturated carbocycles. The Labute approximate surface area is 152 Å². The van der Waals surface area contributed by atoms with Crippen LogP contribution in [-0.4, -0.2) is 55.4 Å². The topological polar surface area (TPSA) is 86.9 Å². The molecule has 0 radical (unpaired) electrons. The van der Waals surface area contributed by atoms with Crippen LogP contribution < -0.4 is 9.47 Å².